The zero-order valence-corrected chi connectivity index (χ0v) is 23.2. The predicted octanol–water partition coefficient (Wildman–Crippen LogP) is 6.18. The van der Waals surface area contributed by atoms with Gasteiger partial charge in [-0.25, -0.2) is 0 Å². The number of rotatable bonds is 4. The number of benzene rings is 4. The zero-order chi connectivity index (χ0) is 26.8. The van der Waals surface area contributed by atoms with E-state index in [9.17, 15) is 4.79 Å². The fraction of sp³-hybridized carbons (Fsp3) is 0.303. The van der Waals surface area contributed by atoms with Crippen LogP contribution in [0.1, 0.15) is 45.9 Å². The van der Waals surface area contributed by atoms with Gasteiger partial charge in [-0.1, -0.05) is 48.5 Å². The molecule has 5 heteroatoms. The minimum atomic E-state index is -0.517. The Bertz CT molecular complexity index is 1600. The number of carbonyl (C=O) groups is 1. The Kier molecular flexibility index (Phi) is 5.79. The second kappa shape index (κ2) is 8.94. The van der Waals surface area contributed by atoms with Gasteiger partial charge in [0, 0.05) is 23.3 Å². The lowest BCUT2D eigenvalue weighted by atomic mass is 9.59. The van der Waals surface area contributed by atoms with E-state index in [2.05, 4.69) is 98.4 Å². The van der Waals surface area contributed by atoms with Crippen LogP contribution in [0.2, 0.25) is 0 Å². The Labute approximate surface area is 226 Å². The van der Waals surface area contributed by atoms with Crippen LogP contribution in [0.4, 0.5) is 11.4 Å². The Hall–Kier alpha value is -3.73. The summed E-state index contributed by atoms with van der Waals surface area (Å²) in [6, 6.07) is 21.9. The number of nitrogens with zero attached hydrogens (tertiary/aromatic N) is 1. The van der Waals surface area contributed by atoms with Crippen LogP contribution < -0.4 is 15.5 Å². The fourth-order valence-corrected chi connectivity index (χ4v) is 6.89. The number of hydrogen-bond donors (Lipinski definition) is 1. The summed E-state index contributed by atoms with van der Waals surface area (Å²) in [4.78, 5) is 15.3. The van der Waals surface area contributed by atoms with Crippen molar-refractivity contribution >= 4 is 40.6 Å². The van der Waals surface area contributed by atoms with Crippen LogP contribution in [-0.4, -0.2) is 20.1 Å². The molecule has 0 fully saturated rings. The summed E-state index contributed by atoms with van der Waals surface area (Å²) in [6.07, 6.45) is 1.45. The molecule has 192 valence electrons. The molecule has 38 heavy (non-hydrogen) atoms. The van der Waals surface area contributed by atoms with E-state index in [1.165, 1.54) is 73.7 Å². The van der Waals surface area contributed by atoms with Crippen molar-refractivity contribution in [2.75, 3.05) is 17.1 Å². The van der Waals surface area contributed by atoms with Gasteiger partial charge < -0.3 is 14.8 Å². The van der Waals surface area contributed by atoms with Crippen LogP contribution in [0, 0.1) is 33.1 Å². The quantitative estimate of drug-likeness (QED) is 0.267. The third-order valence-electron chi connectivity index (χ3n) is 8.94. The molecule has 0 spiro atoms. The molecule has 0 aromatic heterocycles. The van der Waals surface area contributed by atoms with Crippen LogP contribution in [-0.2, 0) is 28.9 Å². The smallest absolute Gasteiger partial charge is 0.409 e. The molecule has 0 saturated heterocycles. The maximum absolute atomic E-state index is 12.8. The van der Waals surface area contributed by atoms with E-state index in [4.69, 9.17) is 4.74 Å². The molecular formula is C33H35BN2O2. The minimum Gasteiger partial charge on any atom is -0.469 e. The summed E-state index contributed by atoms with van der Waals surface area (Å²) in [5.74, 6) is -0.121. The summed E-state index contributed by atoms with van der Waals surface area (Å²) in [5, 5.41) is 6.49. The molecule has 0 radical (unpaired) electrons. The molecule has 1 heterocycles. The van der Waals surface area contributed by atoms with Crippen molar-refractivity contribution in [1.82, 2.24) is 0 Å². The van der Waals surface area contributed by atoms with Crippen LogP contribution in [0.3, 0.4) is 0 Å². The number of methoxy groups -OCH3 is 1. The Morgan fingerprint density at radius 1 is 0.947 bits per heavy atom. The van der Waals surface area contributed by atoms with Gasteiger partial charge in [0.2, 0.25) is 0 Å². The monoisotopic (exact) mass is 502 g/mol. The van der Waals surface area contributed by atoms with Crippen molar-refractivity contribution in [3.05, 3.63) is 99.6 Å². The maximum atomic E-state index is 12.8. The topological polar surface area (TPSA) is 41.6 Å². The number of nitrogens with one attached hydrogen (secondary N) is 1. The zero-order valence-electron chi connectivity index (χ0n) is 23.2. The molecule has 1 unspecified atom stereocenters. The largest absolute Gasteiger partial charge is 0.469 e. The summed E-state index contributed by atoms with van der Waals surface area (Å²) >= 11 is 0. The molecule has 4 nitrogen and oxygen atoms in total. The van der Waals surface area contributed by atoms with Gasteiger partial charge in [-0.15, -0.1) is 0 Å². The molecule has 1 aliphatic carbocycles. The number of esters is 1. The Balaban J connectivity index is 1.55. The average molecular weight is 502 g/mol. The van der Waals surface area contributed by atoms with Crippen LogP contribution >= 0.6 is 0 Å². The van der Waals surface area contributed by atoms with Gasteiger partial charge in [0.1, 0.15) is 0 Å². The van der Waals surface area contributed by atoms with Gasteiger partial charge in [-0.3, -0.25) is 4.79 Å². The SMILES string of the molecule is COC(=O)C1(C)Cc2c(C)c(C)c(B3Nc4cccc5cc(C)cc(c45)N3Cc3ccccc3)c(C)c2C1. The van der Waals surface area contributed by atoms with Crippen molar-refractivity contribution in [3.8, 4) is 0 Å². The van der Waals surface area contributed by atoms with E-state index < -0.39 is 5.41 Å². The number of aryl methyl sites for hydroxylation is 1. The standard InChI is InChI=1S/C33H35BN2O2/c1-20-15-25-13-10-14-28-30(25)29(16-20)36(19-24-11-8-7-9-12-24)34(35-28)31-22(3)21(2)26-17-33(5,32(37)38-6)18-27(26)23(31)4/h7-16,35H,17-19H2,1-6H3. The summed E-state index contributed by atoms with van der Waals surface area (Å²) in [7, 11) is 1.50. The molecule has 4 aromatic carbocycles. The van der Waals surface area contributed by atoms with E-state index >= 15 is 0 Å². The highest BCUT2D eigenvalue weighted by atomic mass is 16.5. The molecule has 4 aromatic rings. The van der Waals surface area contributed by atoms with E-state index in [1.54, 1.807) is 0 Å². The van der Waals surface area contributed by atoms with Gasteiger partial charge in [0.05, 0.1) is 12.5 Å². The minimum absolute atomic E-state index is 0.0379. The first-order valence-electron chi connectivity index (χ1n) is 13.5. The highest BCUT2D eigenvalue weighted by molar-refractivity contribution is 6.81. The van der Waals surface area contributed by atoms with Gasteiger partial charge in [-0.05, 0) is 109 Å². The van der Waals surface area contributed by atoms with Gasteiger partial charge in [0.25, 0.3) is 0 Å². The highest BCUT2D eigenvalue weighted by Gasteiger charge is 2.44. The number of carbonyl (C=O) groups excluding carboxylic acids is 1. The van der Waals surface area contributed by atoms with E-state index in [1.807, 2.05) is 6.92 Å². The summed E-state index contributed by atoms with van der Waals surface area (Å²) in [6.45, 7) is 11.7. The Morgan fingerprint density at radius 3 is 2.37 bits per heavy atom. The van der Waals surface area contributed by atoms with Gasteiger partial charge in [0.15, 0.2) is 0 Å². The molecule has 6 rings (SSSR count). The fourth-order valence-electron chi connectivity index (χ4n) is 6.89. The molecule has 0 bridgehead atoms. The van der Waals surface area contributed by atoms with Crippen molar-refractivity contribution < 1.29 is 9.53 Å². The second-order valence-corrected chi connectivity index (χ2v) is 11.5. The van der Waals surface area contributed by atoms with Crippen LogP contribution in [0.5, 0.6) is 0 Å². The number of ether oxygens (including phenoxy) is 1. The van der Waals surface area contributed by atoms with Gasteiger partial charge >= 0.3 is 13.0 Å². The van der Waals surface area contributed by atoms with E-state index in [0.717, 1.165) is 13.0 Å². The first-order chi connectivity index (χ1) is 18.2. The van der Waals surface area contributed by atoms with Crippen molar-refractivity contribution in [2.24, 2.45) is 5.41 Å². The molecule has 1 N–H and O–H groups in total. The van der Waals surface area contributed by atoms with Crippen molar-refractivity contribution in [1.29, 1.82) is 0 Å². The van der Waals surface area contributed by atoms with Gasteiger partial charge in [-0.2, -0.15) is 0 Å². The summed E-state index contributed by atoms with van der Waals surface area (Å²) < 4.78 is 5.23. The van der Waals surface area contributed by atoms with Crippen molar-refractivity contribution in [2.45, 2.75) is 54.0 Å². The summed E-state index contributed by atoms with van der Waals surface area (Å²) in [5.41, 5.74) is 12.3. The van der Waals surface area contributed by atoms with E-state index in [-0.39, 0.29) is 13.0 Å². The molecular weight excluding hydrogens is 467 g/mol. The lowest BCUT2D eigenvalue weighted by Gasteiger charge is -2.39. The van der Waals surface area contributed by atoms with Crippen LogP contribution in [0.25, 0.3) is 10.8 Å². The molecule has 0 amide bonds. The molecule has 1 atom stereocenters. The molecule has 2 aliphatic rings. The second-order valence-electron chi connectivity index (χ2n) is 11.5. The lowest BCUT2D eigenvalue weighted by Crippen LogP contribution is -2.57. The predicted molar refractivity (Wildman–Crippen MR) is 159 cm³/mol. The maximum Gasteiger partial charge on any atom is 0.409 e. The van der Waals surface area contributed by atoms with Crippen molar-refractivity contribution in [3.63, 3.8) is 0 Å². The third-order valence-corrected chi connectivity index (χ3v) is 8.94. The third kappa shape index (κ3) is 3.71. The lowest BCUT2D eigenvalue weighted by molar-refractivity contribution is -0.151. The number of anilines is 2. The van der Waals surface area contributed by atoms with E-state index in [0.29, 0.717) is 6.42 Å². The average Bonchev–Trinajstić information content (AvgIpc) is 3.28. The first kappa shape index (κ1) is 24.6. The Morgan fingerprint density at radius 2 is 1.66 bits per heavy atom. The van der Waals surface area contributed by atoms with Crippen LogP contribution in [0.15, 0.2) is 60.7 Å². The highest BCUT2D eigenvalue weighted by Crippen LogP contribution is 2.43. The number of hydrogen-bond acceptors (Lipinski definition) is 4. The first-order valence-corrected chi connectivity index (χ1v) is 13.5. The number of fused-ring (bicyclic) bond motifs is 1. The molecule has 1 aliphatic heterocycles. The molecule has 0 saturated carbocycles. The normalized spacial score (nSPS) is 17.9.